The lowest BCUT2D eigenvalue weighted by Gasteiger charge is -2.25. The van der Waals surface area contributed by atoms with Crippen LogP contribution in [0.3, 0.4) is 0 Å². The Hall–Kier alpha value is -1.97. The summed E-state index contributed by atoms with van der Waals surface area (Å²) in [7, 11) is 5.98. The Kier molecular flexibility index (Phi) is 63.5. The monoisotopic (exact) mass is 1160 g/mol. The highest BCUT2D eigenvalue weighted by molar-refractivity contribution is 5.71. The van der Waals surface area contributed by atoms with E-state index >= 15 is 0 Å². The van der Waals surface area contributed by atoms with Gasteiger partial charge in [0.25, 0.3) is 6.29 Å². The summed E-state index contributed by atoms with van der Waals surface area (Å²) in [6, 6.07) is 0. The molecule has 0 aliphatic rings. The molecule has 9 nitrogen and oxygen atoms in total. The van der Waals surface area contributed by atoms with Gasteiger partial charge in [0, 0.05) is 12.8 Å². The van der Waals surface area contributed by atoms with Crippen LogP contribution in [0.5, 0.6) is 0 Å². The molecular weight excluding hydrogens is 1020 g/mol. The van der Waals surface area contributed by atoms with Gasteiger partial charge in [0.1, 0.15) is 13.2 Å². The van der Waals surface area contributed by atoms with Crippen LogP contribution in [0.15, 0.2) is 12.2 Å². The summed E-state index contributed by atoms with van der Waals surface area (Å²) in [5.74, 6) is -1.99. The molecular formula is C73H142NO8+. The van der Waals surface area contributed by atoms with Crippen LogP contribution in [0, 0.1) is 0 Å². The van der Waals surface area contributed by atoms with Gasteiger partial charge >= 0.3 is 17.9 Å². The normalized spacial score (nSPS) is 12.6. The number of unbranched alkanes of at least 4 members (excludes halogenated alkanes) is 52. The molecule has 0 aliphatic heterocycles. The predicted molar refractivity (Wildman–Crippen MR) is 351 cm³/mol. The maximum atomic E-state index is 12.9. The van der Waals surface area contributed by atoms with Crippen LogP contribution in [-0.2, 0) is 33.3 Å². The second kappa shape index (κ2) is 65.0. The summed E-state index contributed by atoms with van der Waals surface area (Å²) in [5, 5.41) is 9.72. The van der Waals surface area contributed by atoms with Crippen molar-refractivity contribution in [2.45, 2.75) is 392 Å². The van der Waals surface area contributed by atoms with Gasteiger partial charge < -0.3 is 28.5 Å². The third kappa shape index (κ3) is 65.6. The lowest BCUT2D eigenvalue weighted by atomic mass is 10.0. The second-order valence-corrected chi connectivity index (χ2v) is 26.3. The van der Waals surface area contributed by atoms with E-state index in [0.717, 1.165) is 51.4 Å². The summed E-state index contributed by atoms with van der Waals surface area (Å²) in [6.07, 6.45) is 76.6. The minimum Gasteiger partial charge on any atom is -0.477 e. The van der Waals surface area contributed by atoms with Crippen molar-refractivity contribution < 1.29 is 42.9 Å². The molecule has 0 aromatic carbocycles. The first-order valence-corrected chi connectivity index (χ1v) is 36.4. The molecule has 0 bridgehead atoms. The number of nitrogens with zero attached hydrogens (tertiary/aromatic N) is 1. The van der Waals surface area contributed by atoms with Gasteiger partial charge in [-0.15, -0.1) is 0 Å². The molecule has 0 heterocycles. The van der Waals surface area contributed by atoms with Crippen molar-refractivity contribution >= 4 is 17.9 Å². The number of carboxylic acids is 1. The molecule has 0 aromatic heterocycles. The molecule has 0 saturated carbocycles. The fraction of sp³-hybridized carbons (Fsp3) is 0.932. The number of rotatable bonds is 69. The van der Waals surface area contributed by atoms with Gasteiger partial charge in [-0.2, -0.15) is 0 Å². The number of esters is 2. The Bertz CT molecular complexity index is 1350. The highest BCUT2D eigenvalue weighted by Crippen LogP contribution is 2.19. The molecule has 1 N–H and O–H groups in total. The number of quaternary nitrogens is 1. The number of allylic oxidation sites excluding steroid dienone is 2. The fourth-order valence-corrected chi connectivity index (χ4v) is 11.2. The molecule has 9 heteroatoms. The molecule has 2 atom stereocenters. The topological polar surface area (TPSA) is 108 Å². The summed E-state index contributed by atoms with van der Waals surface area (Å²) in [5.41, 5.74) is 0. The van der Waals surface area contributed by atoms with Crippen LogP contribution in [-0.4, -0.2) is 87.4 Å². The zero-order valence-corrected chi connectivity index (χ0v) is 55.7. The average molecular weight is 1160 g/mol. The Morgan fingerprint density at radius 1 is 0.354 bits per heavy atom. The van der Waals surface area contributed by atoms with Crippen LogP contribution in [0.25, 0.3) is 0 Å². The zero-order valence-electron chi connectivity index (χ0n) is 55.7. The van der Waals surface area contributed by atoms with E-state index in [2.05, 4.69) is 26.0 Å². The molecule has 0 aromatic rings. The minimum atomic E-state index is -1.51. The number of carboxylic acid groups (broad SMARTS) is 1. The van der Waals surface area contributed by atoms with E-state index in [-0.39, 0.29) is 32.2 Å². The van der Waals surface area contributed by atoms with Crippen molar-refractivity contribution in [2.75, 3.05) is 47.5 Å². The van der Waals surface area contributed by atoms with Crippen molar-refractivity contribution in [3.63, 3.8) is 0 Å². The van der Waals surface area contributed by atoms with Crippen LogP contribution in [0.4, 0.5) is 0 Å². The minimum absolute atomic E-state index is 0.179. The third-order valence-corrected chi connectivity index (χ3v) is 16.8. The molecule has 0 rings (SSSR count). The molecule has 2 unspecified atom stereocenters. The smallest absolute Gasteiger partial charge is 0.361 e. The third-order valence-electron chi connectivity index (χ3n) is 16.8. The van der Waals surface area contributed by atoms with Crippen molar-refractivity contribution in [3.05, 3.63) is 12.2 Å². The van der Waals surface area contributed by atoms with Crippen LogP contribution >= 0.6 is 0 Å². The van der Waals surface area contributed by atoms with E-state index in [1.165, 1.54) is 295 Å². The van der Waals surface area contributed by atoms with E-state index in [9.17, 15) is 19.5 Å². The molecule has 0 amide bonds. The average Bonchev–Trinajstić information content (AvgIpc) is 3.47. The van der Waals surface area contributed by atoms with Gasteiger partial charge in [-0.25, -0.2) is 4.79 Å². The summed E-state index contributed by atoms with van der Waals surface area (Å²) < 4.78 is 22.9. The summed E-state index contributed by atoms with van der Waals surface area (Å²) >= 11 is 0. The maximum Gasteiger partial charge on any atom is 0.361 e. The standard InChI is InChI=1S/C73H141NO8/c1-6-8-10-12-14-16-18-20-22-24-25-26-27-28-29-30-31-32-33-34-35-36-37-38-39-40-41-42-43-44-45-46-47-48-50-51-53-55-57-59-61-63-70(75)80-67-69(68-81-73(72(77)78)79-66-65-74(3,4)5)82-71(76)64-62-60-58-56-54-52-49-23-21-19-17-15-13-11-9-7-2/h23,49,69,73H,6-22,24-48,50-68H2,1-5H3/p+1/b49-23-. The van der Waals surface area contributed by atoms with E-state index in [4.69, 9.17) is 18.9 Å². The van der Waals surface area contributed by atoms with Crippen molar-refractivity contribution in [1.82, 2.24) is 0 Å². The van der Waals surface area contributed by atoms with Gasteiger partial charge in [0.15, 0.2) is 6.10 Å². The first-order chi connectivity index (χ1) is 40.1. The van der Waals surface area contributed by atoms with Gasteiger partial charge in [0.2, 0.25) is 0 Å². The van der Waals surface area contributed by atoms with Gasteiger partial charge in [0.05, 0.1) is 34.4 Å². The Morgan fingerprint density at radius 3 is 0.902 bits per heavy atom. The quantitative estimate of drug-likeness (QED) is 0.0211. The van der Waals surface area contributed by atoms with Crippen molar-refractivity contribution in [3.8, 4) is 0 Å². The van der Waals surface area contributed by atoms with E-state index in [1.807, 2.05) is 21.1 Å². The van der Waals surface area contributed by atoms with E-state index in [0.29, 0.717) is 23.9 Å². The molecule has 486 valence electrons. The highest BCUT2D eigenvalue weighted by atomic mass is 16.7. The fourth-order valence-electron chi connectivity index (χ4n) is 11.2. The number of likely N-dealkylation sites (N-methyl/N-ethyl adjacent to an activating group) is 1. The lowest BCUT2D eigenvalue weighted by Crippen LogP contribution is -2.40. The van der Waals surface area contributed by atoms with Gasteiger partial charge in [-0.05, 0) is 38.5 Å². The van der Waals surface area contributed by atoms with Crippen LogP contribution in [0.2, 0.25) is 0 Å². The molecule has 0 aliphatic carbocycles. The predicted octanol–water partition coefficient (Wildman–Crippen LogP) is 22.4. The zero-order chi connectivity index (χ0) is 59.8. The molecule has 0 fully saturated rings. The maximum absolute atomic E-state index is 12.9. The number of ether oxygens (including phenoxy) is 4. The first-order valence-electron chi connectivity index (χ1n) is 36.4. The summed E-state index contributed by atoms with van der Waals surface area (Å²) in [6.45, 7) is 4.93. The summed E-state index contributed by atoms with van der Waals surface area (Å²) in [4.78, 5) is 37.5. The molecule has 0 radical (unpaired) electrons. The lowest BCUT2D eigenvalue weighted by molar-refractivity contribution is -0.870. The van der Waals surface area contributed by atoms with Crippen LogP contribution < -0.4 is 0 Å². The second-order valence-electron chi connectivity index (χ2n) is 26.3. The molecule has 0 spiro atoms. The number of carbonyl (C=O) groups excluding carboxylic acids is 2. The Labute approximate surface area is 510 Å². The Morgan fingerprint density at radius 2 is 0.622 bits per heavy atom. The van der Waals surface area contributed by atoms with Crippen LogP contribution in [0.1, 0.15) is 380 Å². The number of hydrogen-bond acceptors (Lipinski definition) is 7. The van der Waals surface area contributed by atoms with E-state index in [1.54, 1.807) is 0 Å². The van der Waals surface area contributed by atoms with Gasteiger partial charge in [-0.1, -0.05) is 341 Å². The van der Waals surface area contributed by atoms with E-state index < -0.39 is 24.3 Å². The SMILES string of the molecule is CCCCCCCCC/C=C\CCCCCCCC(=O)OC(COC(=O)CCCCCCCCCCCCCCCCCCCCCCCCCCCCCCCCCCCCCCCCCCC)COC(OCC[N+](C)(C)C)C(=O)O. The molecule has 0 saturated heterocycles. The van der Waals surface area contributed by atoms with Crippen molar-refractivity contribution in [1.29, 1.82) is 0 Å². The highest BCUT2D eigenvalue weighted by Gasteiger charge is 2.25. The van der Waals surface area contributed by atoms with Crippen molar-refractivity contribution in [2.24, 2.45) is 0 Å². The number of aliphatic carboxylic acids is 1. The first kappa shape index (κ1) is 80.0. The Balaban J connectivity index is 3.85. The number of hydrogen-bond donors (Lipinski definition) is 1. The molecule has 82 heavy (non-hydrogen) atoms. The number of carbonyl (C=O) groups is 3. The van der Waals surface area contributed by atoms with Gasteiger partial charge in [-0.3, -0.25) is 9.59 Å². The largest absolute Gasteiger partial charge is 0.477 e.